The topological polar surface area (TPSA) is 40.5 Å². The molecule has 0 bridgehead atoms. The number of nitrogens with zero attached hydrogens (tertiary/aromatic N) is 1. The van der Waals surface area contributed by atoms with Gasteiger partial charge in [-0.15, -0.1) is 0 Å². The van der Waals surface area contributed by atoms with E-state index in [1.807, 2.05) is 14.0 Å². The SMILES string of the molecule is CCOC(=O)c1c(C(C)(C)C)ppn1P1C(C(C)(C)C)=C(C(C)(C)C)P(OC)C1C(C)(C)C. The first kappa shape index (κ1) is 29.4. The van der Waals surface area contributed by atoms with E-state index < -0.39 is 16.2 Å². The van der Waals surface area contributed by atoms with Gasteiger partial charge in [-0.1, -0.05) is 83.1 Å². The number of allylic oxidation sites excluding steroid dienone is 2. The number of hydrogen-bond acceptors (Lipinski definition) is 3. The molecule has 2 rings (SSSR count). The molecule has 4 nitrogen and oxygen atoms in total. The Hall–Kier alpha value is 0.170. The van der Waals surface area contributed by atoms with Crippen molar-refractivity contribution in [2.45, 2.75) is 101 Å². The van der Waals surface area contributed by atoms with Gasteiger partial charge in [0.1, 0.15) is 5.69 Å². The van der Waals surface area contributed by atoms with Crippen molar-refractivity contribution in [1.82, 2.24) is 4.10 Å². The van der Waals surface area contributed by atoms with Gasteiger partial charge in [0.2, 0.25) is 0 Å². The summed E-state index contributed by atoms with van der Waals surface area (Å²) in [4.78, 5) is 13.4. The quantitative estimate of drug-likeness (QED) is 0.287. The van der Waals surface area contributed by atoms with Crippen LogP contribution in [0.4, 0.5) is 0 Å². The Kier molecular flexibility index (Phi) is 8.83. The molecule has 0 N–H and O–H groups in total. The Bertz CT molecular complexity index is 908. The minimum absolute atomic E-state index is 0.0000992. The van der Waals surface area contributed by atoms with Crippen LogP contribution in [0.5, 0.6) is 0 Å². The Balaban J connectivity index is 3.02. The van der Waals surface area contributed by atoms with Crippen LogP contribution in [0.3, 0.4) is 0 Å². The van der Waals surface area contributed by atoms with Crippen LogP contribution >= 0.6 is 32.1 Å². The maximum absolute atomic E-state index is 13.4. The van der Waals surface area contributed by atoms with Crippen LogP contribution in [-0.4, -0.2) is 29.2 Å². The number of carbonyl (C=O) groups excluding carboxylic acids is 1. The molecule has 0 saturated carbocycles. The van der Waals surface area contributed by atoms with Crippen LogP contribution in [0.1, 0.15) is 106 Å². The summed E-state index contributed by atoms with van der Waals surface area (Å²) in [6.07, 6.45) is 0. The summed E-state index contributed by atoms with van der Waals surface area (Å²) in [7, 11) is 2.61. The first-order valence-electron chi connectivity index (χ1n) is 11.8. The van der Waals surface area contributed by atoms with Crippen LogP contribution in [0, 0.1) is 16.2 Å². The molecule has 0 aliphatic carbocycles. The van der Waals surface area contributed by atoms with Gasteiger partial charge in [-0.05, 0) is 47.1 Å². The van der Waals surface area contributed by atoms with Gasteiger partial charge in [0.15, 0.2) is 0 Å². The summed E-state index contributed by atoms with van der Waals surface area (Å²) < 4.78 is 14.5. The van der Waals surface area contributed by atoms with E-state index >= 15 is 0 Å². The third-order valence-electron chi connectivity index (χ3n) is 5.56. The maximum Gasteiger partial charge on any atom is 0.356 e. The second-order valence-electron chi connectivity index (χ2n) is 12.9. The first-order valence-corrected chi connectivity index (χ1v) is 16.9. The van der Waals surface area contributed by atoms with Crippen molar-refractivity contribution < 1.29 is 14.1 Å². The van der Waals surface area contributed by atoms with Crippen molar-refractivity contribution in [2.75, 3.05) is 13.7 Å². The van der Waals surface area contributed by atoms with E-state index in [9.17, 15) is 4.79 Å². The highest BCUT2D eigenvalue weighted by Gasteiger charge is 2.55. The van der Waals surface area contributed by atoms with Gasteiger partial charge in [-0.3, -0.25) is 4.10 Å². The zero-order valence-corrected chi connectivity index (χ0v) is 26.8. The molecule has 3 atom stereocenters. The van der Waals surface area contributed by atoms with Gasteiger partial charge in [-0.25, -0.2) is 4.79 Å². The highest BCUT2D eigenvalue weighted by atomic mass is 31.8. The monoisotopic (exact) mass is 531 g/mol. The van der Waals surface area contributed by atoms with E-state index in [-0.39, 0.29) is 27.6 Å². The zero-order chi connectivity index (χ0) is 25.7. The molecule has 0 fully saturated rings. The van der Waals surface area contributed by atoms with Gasteiger partial charge in [0.25, 0.3) is 0 Å². The molecular weight excluding hydrogens is 486 g/mol. The van der Waals surface area contributed by atoms with Crippen molar-refractivity contribution in [3.8, 4) is 0 Å². The second kappa shape index (κ2) is 9.91. The first-order chi connectivity index (χ1) is 14.8. The number of hydrogen-bond donors (Lipinski definition) is 0. The van der Waals surface area contributed by atoms with Crippen LogP contribution < -0.4 is 0 Å². The highest BCUT2D eigenvalue weighted by Crippen LogP contribution is 2.84. The summed E-state index contributed by atoms with van der Waals surface area (Å²) in [5.74, 6) is -0.172. The zero-order valence-electron chi connectivity index (χ0n) is 23.2. The van der Waals surface area contributed by atoms with Gasteiger partial charge in [0, 0.05) is 20.5 Å². The van der Waals surface area contributed by atoms with Gasteiger partial charge in [-0.2, -0.15) is 0 Å². The summed E-state index contributed by atoms with van der Waals surface area (Å²) in [6, 6.07) is 0. The number of aromatic nitrogens is 1. The molecule has 1 aromatic heterocycles. The van der Waals surface area contributed by atoms with Crippen molar-refractivity contribution in [3.63, 3.8) is 0 Å². The molecule has 1 aliphatic rings. The van der Waals surface area contributed by atoms with Crippen LogP contribution in [0.15, 0.2) is 10.6 Å². The summed E-state index contributed by atoms with van der Waals surface area (Å²) in [6.45, 7) is 29.9. The summed E-state index contributed by atoms with van der Waals surface area (Å²) >= 11 is 0. The Morgan fingerprint density at radius 2 is 1.42 bits per heavy atom. The summed E-state index contributed by atoms with van der Waals surface area (Å²) in [5.41, 5.74) is 0.718. The molecule has 188 valence electrons. The standard InChI is InChI=1S/C25H45NO3P4/c1-15-29-20(27)16-17(22(2,3)4)30-31-26(16)32-18(23(5,6)7)19(24(8,9)10)33(28-14)21(32)25(11,12)13/h21H,15H2,1-14H3. The maximum atomic E-state index is 13.4. The average Bonchev–Trinajstić information content (AvgIpc) is 3.19. The van der Waals surface area contributed by atoms with Gasteiger partial charge in [0.05, 0.1) is 28.2 Å². The van der Waals surface area contributed by atoms with Gasteiger partial charge < -0.3 is 9.26 Å². The smallest absolute Gasteiger partial charge is 0.356 e. The van der Waals surface area contributed by atoms with E-state index in [1.165, 1.54) is 23.8 Å². The molecule has 0 spiro atoms. The van der Waals surface area contributed by atoms with E-state index in [2.05, 4.69) is 87.2 Å². The Morgan fingerprint density at radius 1 is 0.909 bits per heavy atom. The minimum Gasteiger partial charge on any atom is -0.461 e. The number of rotatable bonds is 4. The molecule has 2 heterocycles. The lowest BCUT2D eigenvalue weighted by molar-refractivity contribution is 0.0516. The molecule has 1 aromatic rings. The fourth-order valence-corrected chi connectivity index (χ4v) is 18.1. The van der Waals surface area contributed by atoms with Crippen molar-refractivity contribution >= 4 is 38.1 Å². The van der Waals surface area contributed by atoms with E-state index in [0.717, 1.165) is 13.7 Å². The fraction of sp³-hybridized carbons (Fsp3) is 0.800. The highest BCUT2D eigenvalue weighted by molar-refractivity contribution is 7.94. The molecule has 3 unspecified atom stereocenters. The van der Waals surface area contributed by atoms with Crippen molar-refractivity contribution in [3.05, 3.63) is 21.6 Å². The molecule has 0 radical (unpaired) electrons. The Labute approximate surface area is 208 Å². The Morgan fingerprint density at radius 3 is 1.79 bits per heavy atom. The van der Waals surface area contributed by atoms with Crippen molar-refractivity contribution in [1.29, 1.82) is 0 Å². The second-order valence-corrected chi connectivity index (χ2v) is 20.1. The lowest BCUT2D eigenvalue weighted by atomic mass is 9.88. The van der Waals surface area contributed by atoms with Crippen molar-refractivity contribution in [2.24, 2.45) is 16.2 Å². The molecule has 0 amide bonds. The molecule has 33 heavy (non-hydrogen) atoms. The minimum atomic E-state index is -0.815. The molecule has 8 heteroatoms. The molecule has 0 aromatic carbocycles. The van der Waals surface area contributed by atoms with Crippen LogP contribution in [0.2, 0.25) is 0 Å². The van der Waals surface area contributed by atoms with Crippen LogP contribution in [0.25, 0.3) is 0 Å². The third-order valence-corrected chi connectivity index (χ3v) is 17.4. The lowest BCUT2D eigenvalue weighted by Gasteiger charge is -2.39. The van der Waals surface area contributed by atoms with E-state index in [1.54, 1.807) is 0 Å². The predicted molar refractivity (Wildman–Crippen MR) is 150 cm³/mol. The normalized spacial score (nSPS) is 23.3. The summed E-state index contributed by atoms with van der Waals surface area (Å²) in [5, 5.41) is 4.52. The number of esters is 1. The predicted octanol–water partition coefficient (Wildman–Crippen LogP) is 10.1. The largest absolute Gasteiger partial charge is 0.461 e. The molecular formula is C25H45NO3P4. The lowest BCUT2D eigenvalue weighted by Crippen LogP contribution is -2.26. The average molecular weight is 532 g/mol. The third kappa shape index (κ3) is 5.95. The van der Waals surface area contributed by atoms with Crippen LogP contribution in [-0.2, 0) is 14.7 Å². The van der Waals surface area contributed by atoms with Gasteiger partial charge >= 0.3 is 5.97 Å². The van der Waals surface area contributed by atoms with E-state index in [0.29, 0.717) is 12.0 Å². The molecule has 1 aliphatic heterocycles. The fourth-order valence-electron chi connectivity index (χ4n) is 4.36. The number of ether oxygens (including phenoxy) is 1. The molecule has 0 saturated heterocycles. The van der Waals surface area contributed by atoms with E-state index in [4.69, 9.17) is 9.26 Å². The number of carbonyl (C=O) groups is 1.